The number of nitrogens with one attached hydrogen (secondary N) is 1. The lowest BCUT2D eigenvalue weighted by Gasteiger charge is -2.36. The highest BCUT2D eigenvalue weighted by Crippen LogP contribution is 2.41. The van der Waals surface area contributed by atoms with Gasteiger partial charge in [0.05, 0.1) is 6.20 Å². The maximum absolute atomic E-state index is 4.38. The highest BCUT2D eigenvalue weighted by atomic mass is 15.3. The van der Waals surface area contributed by atoms with Crippen LogP contribution < -0.4 is 5.32 Å². The Hall–Kier alpha value is -0.830. The highest BCUT2D eigenvalue weighted by Gasteiger charge is 2.32. The molecule has 2 unspecified atom stereocenters. The molecule has 1 saturated carbocycles. The summed E-state index contributed by atoms with van der Waals surface area (Å²) in [5.74, 6) is 2.31. The molecule has 1 aliphatic rings. The fourth-order valence-electron chi connectivity index (χ4n) is 2.55. The molecule has 0 bridgehead atoms. The molecule has 1 aromatic heterocycles. The summed E-state index contributed by atoms with van der Waals surface area (Å²) in [6.07, 6.45) is 6.98. The molecule has 0 radical (unpaired) electrons. The first-order valence-corrected chi connectivity index (χ1v) is 6.93. The van der Waals surface area contributed by atoms with Crippen LogP contribution in [0, 0.1) is 11.8 Å². The van der Waals surface area contributed by atoms with Crippen molar-refractivity contribution in [2.45, 2.75) is 46.1 Å². The number of nitrogens with zero attached hydrogens (tertiary/aromatic N) is 2. The van der Waals surface area contributed by atoms with Crippen molar-refractivity contribution in [3.63, 3.8) is 0 Å². The van der Waals surface area contributed by atoms with E-state index in [1.165, 1.54) is 24.9 Å². The summed E-state index contributed by atoms with van der Waals surface area (Å²) in [7, 11) is 0. The van der Waals surface area contributed by atoms with Gasteiger partial charge in [-0.15, -0.1) is 0 Å². The minimum absolute atomic E-state index is 0.745. The molecule has 1 heterocycles. The summed E-state index contributed by atoms with van der Waals surface area (Å²) in [6.45, 7) is 9.94. The second kappa shape index (κ2) is 5.67. The van der Waals surface area contributed by atoms with Gasteiger partial charge in [0.2, 0.25) is 0 Å². The molecule has 0 aliphatic heterocycles. The summed E-state index contributed by atoms with van der Waals surface area (Å²) < 4.78 is 2.03. The molecule has 1 fully saturated rings. The lowest BCUT2D eigenvalue weighted by molar-refractivity contribution is 0.243. The van der Waals surface area contributed by atoms with Crippen LogP contribution in [0.4, 0.5) is 0 Å². The Morgan fingerprint density at radius 3 is 2.82 bits per heavy atom. The second-order valence-corrected chi connectivity index (χ2v) is 5.63. The van der Waals surface area contributed by atoms with Crippen molar-refractivity contribution >= 4 is 0 Å². The fourth-order valence-corrected chi connectivity index (χ4v) is 2.55. The van der Waals surface area contributed by atoms with Crippen molar-refractivity contribution < 1.29 is 0 Å². The lowest BCUT2D eigenvalue weighted by atomic mass is 9.71. The van der Waals surface area contributed by atoms with Gasteiger partial charge in [-0.05, 0) is 56.2 Å². The first kappa shape index (κ1) is 12.6. The quantitative estimate of drug-likeness (QED) is 0.821. The molecule has 0 saturated heterocycles. The minimum atomic E-state index is 0.745. The Balaban J connectivity index is 1.81. The number of hydrogen-bond donors (Lipinski definition) is 1. The fraction of sp³-hybridized carbons (Fsp3) is 0.786. The highest BCUT2D eigenvalue weighted by molar-refractivity contribution is 5.16. The second-order valence-electron chi connectivity index (χ2n) is 5.63. The van der Waals surface area contributed by atoms with E-state index < -0.39 is 0 Å². The molecule has 3 heteroatoms. The molecule has 3 nitrogen and oxygen atoms in total. The topological polar surface area (TPSA) is 29.9 Å². The van der Waals surface area contributed by atoms with Gasteiger partial charge in [0.15, 0.2) is 0 Å². The summed E-state index contributed by atoms with van der Waals surface area (Å²) in [4.78, 5) is 0. The monoisotopic (exact) mass is 235 g/mol. The number of hydrogen-bond acceptors (Lipinski definition) is 2. The Morgan fingerprint density at radius 1 is 1.47 bits per heavy atom. The third-order valence-electron chi connectivity index (χ3n) is 3.78. The van der Waals surface area contributed by atoms with Crippen molar-refractivity contribution in [3.05, 3.63) is 18.0 Å². The van der Waals surface area contributed by atoms with Gasteiger partial charge in [0.1, 0.15) is 0 Å². The zero-order chi connectivity index (χ0) is 12.3. The average Bonchev–Trinajstić information content (AvgIpc) is 2.70. The Morgan fingerprint density at radius 2 is 2.29 bits per heavy atom. The van der Waals surface area contributed by atoms with Gasteiger partial charge in [0, 0.05) is 12.7 Å². The molecule has 2 rings (SSSR count). The van der Waals surface area contributed by atoms with Crippen LogP contribution in [-0.4, -0.2) is 22.9 Å². The van der Waals surface area contributed by atoms with Crippen molar-refractivity contribution in [1.82, 2.24) is 15.1 Å². The third-order valence-corrected chi connectivity index (χ3v) is 3.78. The zero-order valence-electron chi connectivity index (χ0n) is 11.3. The average molecular weight is 235 g/mol. The molecule has 96 valence electrons. The first-order chi connectivity index (χ1) is 8.20. The van der Waals surface area contributed by atoms with Crippen LogP contribution in [0.2, 0.25) is 0 Å². The van der Waals surface area contributed by atoms with Crippen molar-refractivity contribution in [1.29, 1.82) is 0 Å². The largest absolute Gasteiger partial charge is 0.316 e. The van der Waals surface area contributed by atoms with Gasteiger partial charge in [-0.3, -0.25) is 4.68 Å². The van der Waals surface area contributed by atoms with E-state index in [1.807, 2.05) is 4.68 Å². The minimum Gasteiger partial charge on any atom is -0.316 e. The van der Waals surface area contributed by atoms with Crippen LogP contribution >= 0.6 is 0 Å². The van der Waals surface area contributed by atoms with Crippen LogP contribution in [0.3, 0.4) is 0 Å². The predicted molar refractivity (Wildman–Crippen MR) is 71.1 cm³/mol. The predicted octanol–water partition coefficient (Wildman–Crippen LogP) is 2.64. The van der Waals surface area contributed by atoms with Crippen molar-refractivity contribution in [2.75, 3.05) is 13.1 Å². The van der Waals surface area contributed by atoms with Crippen LogP contribution in [-0.2, 0) is 6.54 Å². The smallest absolute Gasteiger partial charge is 0.0524 e. The molecule has 0 amide bonds. The van der Waals surface area contributed by atoms with Crippen LogP contribution in [0.5, 0.6) is 0 Å². The van der Waals surface area contributed by atoms with Gasteiger partial charge < -0.3 is 5.32 Å². The molecule has 17 heavy (non-hydrogen) atoms. The third kappa shape index (κ3) is 3.09. The van der Waals surface area contributed by atoms with Crippen LogP contribution in [0.15, 0.2) is 12.4 Å². The van der Waals surface area contributed by atoms with Crippen molar-refractivity contribution in [3.8, 4) is 0 Å². The van der Waals surface area contributed by atoms with Crippen LogP contribution in [0.1, 0.15) is 45.1 Å². The van der Waals surface area contributed by atoms with Gasteiger partial charge in [-0.1, -0.05) is 13.8 Å². The number of aromatic nitrogens is 2. The maximum Gasteiger partial charge on any atom is 0.0524 e. The maximum atomic E-state index is 4.38. The van der Waals surface area contributed by atoms with E-state index in [-0.39, 0.29) is 0 Å². The standard InChI is InChI=1S/C14H25N3/c1-4-17-10-13(9-16-17)14-6-5-12(14)8-15-7-11(2)3/h9-12,14-15H,4-8H2,1-3H3. The van der Waals surface area contributed by atoms with Crippen LogP contribution in [0.25, 0.3) is 0 Å². The summed E-state index contributed by atoms with van der Waals surface area (Å²) in [5, 5.41) is 7.96. The Kier molecular flexibility index (Phi) is 4.21. The van der Waals surface area contributed by atoms with E-state index in [0.717, 1.165) is 30.8 Å². The molecule has 1 N–H and O–H groups in total. The van der Waals surface area contributed by atoms with E-state index in [2.05, 4.69) is 43.6 Å². The van der Waals surface area contributed by atoms with Gasteiger partial charge >= 0.3 is 0 Å². The molecule has 0 spiro atoms. The van der Waals surface area contributed by atoms with Gasteiger partial charge in [-0.2, -0.15) is 5.10 Å². The molecular weight excluding hydrogens is 210 g/mol. The molecule has 0 aromatic carbocycles. The van der Waals surface area contributed by atoms with E-state index in [1.54, 1.807) is 0 Å². The summed E-state index contributed by atoms with van der Waals surface area (Å²) in [5.41, 5.74) is 1.44. The number of aryl methyl sites for hydroxylation is 1. The number of rotatable bonds is 6. The van der Waals surface area contributed by atoms with Gasteiger partial charge in [0.25, 0.3) is 0 Å². The summed E-state index contributed by atoms with van der Waals surface area (Å²) in [6, 6.07) is 0. The lowest BCUT2D eigenvalue weighted by Crippen LogP contribution is -2.35. The zero-order valence-corrected chi connectivity index (χ0v) is 11.3. The van der Waals surface area contributed by atoms with E-state index in [4.69, 9.17) is 0 Å². The summed E-state index contributed by atoms with van der Waals surface area (Å²) >= 11 is 0. The first-order valence-electron chi connectivity index (χ1n) is 6.93. The van der Waals surface area contributed by atoms with E-state index in [0.29, 0.717) is 0 Å². The molecular formula is C14H25N3. The molecule has 2 atom stereocenters. The normalized spacial score (nSPS) is 24.0. The molecule has 1 aromatic rings. The SMILES string of the molecule is CCn1cc(C2CCC2CNCC(C)C)cn1. The van der Waals surface area contributed by atoms with E-state index in [9.17, 15) is 0 Å². The van der Waals surface area contributed by atoms with E-state index >= 15 is 0 Å². The van der Waals surface area contributed by atoms with Crippen molar-refractivity contribution in [2.24, 2.45) is 11.8 Å². The Bertz CT molecular complexity index is 343. The van der Waals surface area contributed by atoms with Gasteiger partial charge in [-0.25, -0.2) is 0 Å². The molecule has 1 aliphatic carbocycles. The Labute approximate surface area is 105 Å².